The first-order valence-electron chi connectivity index (χ1n) is 23.0. The lowest BCUT2D eigenvalue weighted by molar-refractivity contribution is -0.137. The van der Waals surface area contributed by atoms with Gasteiger partial charge in [-0.25, -0.2) is 8.78 Å². The van der Waals surface area contributed by atoms with Crippen LogP contribution in [0.1, 0.15) is 5.56 Å². The number of benzene rings is 10. The monoisotopic (exact) mass is 918 g/mol. The summed E-state index contributed by atoms with van der Waals surface area (Å²) in [5.74, 6) is -1.72. The summed E-state index contributed by atoms with van der Waals surface area (Å²) >= 11 is 0. The van der Waals surface area contributed by atoms with Gasteiger partial charge in [0.2, 0.25) is 0 Å². The van der Waals surface area contributed by atoms with E-state index >= 15 is 22.0 Å². The number of hydrogen-bond donors (Lipinski definition) is 0. The van der Waals surface area contributed by atoms with Crippen LogP contribution in [-0.2, 0) is 6.18 Å². The first-order chi connectivity index (χ1) is 34.2. The molecule has 4 heterocycles. The molecular formula is C61H35F5N4. The van der Waals surface area contributed by atoms with Gasteiger partial charge in [-0.05, 0) is 78.4 Å². The predicted molar refractivity (Wildman–Crippen MR) is 274 cm³/mol. The molecule has 0 radical (unpaired) electrons. The fraction of sp³-hybridized carbons (Fsp3) is 0.0164. The number of nitrogens with zero attached hydrogens (tertiary/aromatic N) is 4. The van der Waals surface area contributed by atoms with Gasteiger partial charge in [0.1, 0.15) is 11.6 Å². The van der Waals surface area contributed by atoms with E-state index in [9.17, 15) is 0 Å². The minimum Gasteiger partial charge on any atom is -0.307 e. The Hall–Kier alpha value is -8.95. The molecule has 9 heteroatoms. The molecule has 0 N–H and O–H groups in total. The first kappa shape index (κ1) is 40.1. The van der Waals surface area contributed by atoms with Gasteiger partial charge in [0.15, 0.2) is 0 Å². The van der Waals surface area contributed by atoms with E-state index < -0.39 is 23.4 Å². The van der Waals surface area contributed by atoms with Gasteiger partial charge in [0, 0.05) is 66.1 Å². The van der Waals surface area contributed by atoms with Crippen molar-refractivity contribution in [2.45, 2.75) is 6.18 Å². The Morgan fingerprint density at radius 3 is 1.04 bits per heavy atom. The number of para-hydroxylation sites is 6. The lowest BCUT2D eigenvalue weighted by Crippen LogP contribution is -2.14. The average molecular weight is 919 g/mol. The summed E-state index contributed by atoms with van der Waals surface area (Å²) in [5, 5.41) is 6.75. The van der Waals surface area contributed by atoms with E-state index in [1.165, 1.54) is 24.3 Å². The molecule has 0 aliphatic heterocycles. The number of halogens is 5. The number of rotatable bonds is 5. The Morgan fingerprint density at radius 1 is 0.300 bits per heavy atom. The van der Waals surface area contributed by atoms with E-state index in [1.54, 1.807) is 4.57 Å². The Balaban J connectivity index is 1.20. The molecule has 10 aromatic carbocycles. The Morgan fingerprint density at radius 2 is 0.643 bits per heavy atom. The second-order valence-electron chi connectivity index (χ2n) is 17.8. The molecule has 0 amide bonds. The van der Waals surface area contributed by atoms with Crippen molar-refractivity contribution in [3.05, 3.63) is 230 Å². The molecule has 0 saturated carbocycles. The maximum Gasteiger partial charge on any atom is 0.418 e. The maximum absolute atomic E-state index is 16.7. The fourth-order valence-corrected chi connectivity index (χ4v) is 11.3. The summed E-state index contributed by atoms with van der Waals surface area (Å²) in [7, 11) is 0. The highest BCUT2D eigenvalue weighted by molar-refractivity contribution is 6.25. The molecule has 0 bridgehead atoms. The normalized spacial score (nSPS) is 12.4. The van der Waals surface area contributed by atoms with E-state index in [0.29, 0.717) is 22.1 Å². The SMILES string of the molecule is Fc1cc(F)cc(-c2cc(-n3c4ccccc4c4ccc5c6ccccc6n(-c6ccccc6)c5c43)c(C(F)(F)F)cc2-n2c3ccccc3c3ccc4c5ccccc5n(-c5ccccc5)c4c32)c1. The summed E-state index contributed by atoms with van der Waals surface area (Å²) in [6.45, 7) is 0. The van der Waals surface area contributed by atoms with Crippen LogP contribution in [0.25, 0.3) is 121 Å². The molecule has 70 heavy (non-hydrogen) atoms. The molecule has 0 spiro atoms. The van der Waals surface area contributed by atoms with Crippen LogP contribution in [-0.4, -0.2) is 18.3 Å². The van der Waals surface area contributed by atoms with Crippen LogP contribution >= 0.6 is 0 Å². The lowest BCUT2D eigenvalue weighted by Gasteiger charge is -2.23. The van der Waals surface area contributed by atoms with Crippen molar-refractivity contribution in [2.24, 2.45) is 0 Å². The molecule has 0 aliphatic carbocycles. The smallest absolute Gasteiger partial charge is 0.307 e. The third-order valence-electron chi connectivity index (χ3n) is 14.0. The second kappa shape index (κ2) is 14.8. The summed E-state index contributed by atoms with van der Waals surface area (Å²) in [6, 6.07) is 64.7. The highest BCUT2D eigenvalue weighted by Crippen LogP contribution is 2.49. The maximum atomic E-state index is 16.7. The van der Waals surface area contributed by atoms with Gasteiger partial charge < -0.3 is 18.3 Å². The third kappa shape index (κ3) is 5.69. The number of hydrogen-bond acceptors (Lipinski definition) is 0. The molecular weight excluding hydrogens is 884 g/mol. The van der Waals surface area contributed by atoms with Crippen molar-refractivity contribution in [2.75, 3.05) is 0 Å². The molecule has 14 rings (SSSR count). The van der Waals surface area contributed by atoms with Crippen LogP contribution in [0.15, 0.2) is 212 Å². The van der Waals surface area contributed by atoms with Crippen molar-refractivity contribution in [3.8, 4) is 33.9 Å². The number of alkyl halides is 3. The summed E-state index contributed by atoms with van der Waals surface area (Å²) in [4.78, 5) is 0. The van der Waals surface area contributed by atoms with Crippen LogP contribution in [0.3, 0.4) is 0 Å². The summed E-state index contributed by atoms with van der Waals surface area (Å²) in [5.41, 5.74) is 6.62. The van der Waals surface area contributed by atoms with Crippen molar-refractivity contribution in [1.82, 2.24) is 18.3 Å². The average Bonchev–Trinajstić information content (AvgIpc) is 4.11. The minimum atomic E-state index is -4.93. The van der Waals surface area contributed by atoms with Crippen LogP contribution in [0.4, 0.5) is 22.0 Å². The lowest BCUT2D eigenvalue weighted by atomic mass is 9.98. The van der Waals surface area contributed by atoms with Crippen molar-refractivity contribution >= 4 is 87.2 Å². The van der Waals surface area contributed by atoms with Gasteiger partial charge in [-0.15, -0.1) is 0 Å². The quantitative estimate of drug-likeness (QED) is 0.153. The number of aromatic nitrogens is 4. The largest absolute Gasteiger partial charge is 0.418 e. The van der Waals surface area contributed by atoms with Crippen LogP contribution in [0.2, 0.25) is 0 Å². The molecule has 4 aromatic heterocycles. The van der Waals surface area contributed by atoms with Crippen molar-refractivity contribution in [1.29, 1.82) is 0 Å². The van der Waals surface area contributed by atoms with Gasteiger partial charge in [-0.3, -0.25) is 0 Å². The highest BCUT2D eigenvalue weighted by Gasteiger charge is 2.38. The molecule has 0 saturated heterocycles. The standard InChI is InChI=1S/C61H35F5N4/c62-37-31-36(32-38(63)33-37)49-34-56(70-54-26-14-10-22-44(54)48-30-28-46-42-20-8-12-24-52(42)68(58(46)60(48)70)40-17-5-2-6-18-40)50(61(64,65)66)35-55(49)69-53-25-13-9-21-43(53)47-29-27-45-41-19-7-11-23-51(41)67(57(45)59(47)69)39-15-3-1-4-16-39/h1-35H. The van der Waals surface area contributed by atoms with E-state index in [0.717, 1.165) is 82.6 Å². The summed E-state index contributed by atoms with van der Waals surface area (Å²) in [6.07, 6.45) is -4.93. The van der Waals surface area contributed by atoms with E-state index in [-0.39, 0.29) is 22.5 Å². The molecule has 14 aromatic rings. The Labute approximate surface area is 395 Å². The van der Waals surface area contributed by atoms with Crippen molar-refractivity contribution in [3.63, 3.8) is 0 Å². The zero-order valence-corrected chi connectivity index (χ0v) is 36.9. The van der Waals surface area contributed by atoms with Gasteiger partial charge >= 0.3 is 6.18 Å². The first-order valence-corrected chi connectivity index (χ1v) is 23.0. The van der Waals surface area contributed by atoms with E-state index in [4.69, 9.17) is 0 Å². The van der Waals surface area contributed by atoms with Crippen LogP contribution in [0, 0.1) is 11.6 Å². The van der Waals surface area contributed by atoms with Crippen molar-refractivity contribution < 1.29 is 22.0 Å². The zero-order chi connectivity index (χ0) is 47.0. The fourth-order valence-electron chi connectivity index (χ4n) is 11.3. The molecule has 0 aliphatic rings. The van der Waals surface area contributed by atoms with Crippen LogP contribution < -0.4 is 0 Å². The third-order valence-corrected chi connectivity index (χ3v) is 14.0. The second-order valence-corrected chi connectivity index (χ2v) is 17.8. The van der Waals surface area contributed by atoms with Gasteiger partial charge in [-0.1, -0.05) is 133 Å². The predicted octanol–water partition coefficient (Wildman–Crippen LogP) is 17.0. The molecule has 0 fully saturated rings. The summed E-state index contributed by atoms with van der Waals surface area (Å²) < 4.78 is 89.5. The van der Waals surface area contributed by atoms with E-state index in [1.807, 2.05) is 180 Å². The Bertz CT molecular complexity index is 4460. The van der Waals surface area contributed by atoms with E-state index in [2.05, 4.69) is 15.2 Å². The van der Waals surface area contributed by atoms with Gasteiger partial charge in [0.05, 0.1) is 61.1 Å². The molecule has 0 atom stereocenters. The van der Waals surface area contributed by atoms with Crippen LogP contribution in [0.5, 0.6) is 0 Å². The highest BCUT2D eigenvalue weighted by atomic mass is 19.4. The minimum absolute atomic E-state index is 0.0773. The zero-order valence-electron chi connectivity index (χ0n) is 36.9. The van der Waals surface area contributed by atoms with Gasteiger partial charge in [-0.2, -0.15) is 13.2 Å². The molecule has 334 valence electrons. The molecule has 0 unspecified atom stereocenters. The van der Waals surface area contributed by atoms with Gasteiger partial charge in [0.25, 0.3) is 0 Å². The molecule has 4 nitrogen and oxygen atoms in total. The Kier molecular flexibility index (Phi) is 8.47. The number of fused-ring (bicyclic) bond motifs is 14. The topological polar surface area (TPSA) is 19.7 Å².